The average Bonchev–Trinajstić information content (AvgIpc) is 2.81. The summed E-state index contributed by atoms with van der Waals surface area (Å²) < 4.78 is 15.4. The number of amides is 1. The third-order valence-corrected chi connectivity index (χ3v) is 4.78. The molecule has 0 saturated carbocycles. The molecule has 1 aromatic carbocycles. The molecule has 1 aromatic heterocycles. The van der Waals surface area contributed by atoms with Crippen LogP contribution in [0.2, 0.25) is 0 Å². The van der Waals surface area contributed by atoms with E-state index >= 15 is 0 Å². The van der Waals surface area contributed by atoms with Crippen molar-refractivity contribution < 1.29 is 9.18 Å². The number of rotatable bonds is 3. The van der Waals surface area contributed by atoms with Gasteiger partial charge in [-0.25, -0.2) is 4.39 Å². The smallest absolute Gasteiger partial charge is 0.227 e. The number of carbonyl (C=O) groups is 1. The molecule has 2 aromatic rings. The van der Waals surface area contributed by atoms with Crippen molar-refractivity contribution in [3.05, 3.63) is 52.6 Å². The number of hydrogen-bond donors (Lipinski definition) is 1. The van der Waals surface area contributed by atoms with E-state index in [-0.39, 0.29) is 17.8 Å². The van der Waals surface area contributed by atoms with Crippen LogP contribution >= 0.6 is 0 Å². The molecule has 1 fully saturated rings. The zero-order valence-electron chi connectivity index (χ0n) is 14.3. The molecule has 1 aliphatic rings. The van der Waals surface area contributed by atoms with E-state index in [4.69, 9.17) is 0 Å². The molecule has 128 valence electrons. The van der Waals surface area contributed by atoms with Gasteiger partial charge in [0.2, 0.25) is 5.91 Å². The number of carbonyl (C=O) groups excluding carboxylic acids is 1. The van der Waals surface area contributed by atoms with Crippen molar-refractivity contribution in [1.82, 2.24) is 20.0 Å². The van der Waals surface area contributed by atoms with Gasteiger partial charge < -0.3 is 10.2 Å². The van der Waals surface area contributed by atoms with E-state index in [1.165, 1.54) is 12.1 Å². The summed E-state index contributed by atoms with van der Waals surface area (Å²) in [6.45, 7) is 5.92. The summed E-state index contributed by atoms with van der Waals surface area (Å²) in [5.74, 6) is -0.214. The highest BCUT2D eigenvalue weighted by atomic mass is 19.1. The van der Waals surface area contributed by atoms with Crippen LogP contribution in [-0.2, 0) is 18.3 Å². The van der Waals surface area contributed by atoms with Crippen LogP contribution in [0.15, 0.2) is 24.3 Å². The lowest BCUT2D eigenvalue weighted by Crippen LogP contribution is -2.49. The van der Waals surface area contributed by atoms with E-state index in [1.807, 2.05) is 31.9 Å². The quantitative estimate of drug-likeness (QED) is 0.935. The number of nitrogens with one attached hydrogen (secondary N) is 1. The van der Waals surface area contributed by atoms with E-state index < -0.39 is 0 Å². The molecule has 1 unspecified atom stereocenters. The van der Waals surface area contributed by atoms with Gasteiger partial charge >= 0.3 is 0 Å². The van der Waals surface area contributed by atoms with Gasteiger partial charge in [0.15, 0.2) is 0 Å². The van der Waals surface area contributed by atoms with Gasteiger partial charge in [-0.3, -0.25) is 9.48 Å². The SMILES string of the molecule is Cc1nn(C)c(C)c1CC(=O)N1CCNCC1c1cccc(F)c1. The van der Waals surface area contributed by atoms with Gasteiger partial charge in [0, 0.05) is 37.9 Å². The molecule has 1 aliphatic heterocycles. The first-order chi connectivity index (χ1) is 11.5. The fourth-order valence-corrected chi connectivity index (χ4v) is 3.34. The van der Waals surface area contributed by atoms with Crippen LogP contribution in [0.3, 0.4) is 0 Å². The van der Waals surface area contributed by atoms with Crippen molar-refractivity contribution in [2.75, 3.05) is 19.6 Å². The Bertz CT molecular complexity index is 755. The molecule has 1 N–H and O–H groups in total. The molecule has 0 radical (unpaired) electrons. The molecular formula is C18H23FN4O. The molecule has 0 spiro atoms. The minimum atomic E-state index is -0.274. The summed E-state index contributed by atoms with van der Waals surface area (Å²) >= 11 is 0. The fourth-order valence-electron chi connectivity index (χ4n) is 3.34. The number of nitrogens with zero attached hydrogens (tertiary/aromatic N) is 3. The first kappa shape index (κ1) is 16.6. The predicted molar refractivity (Wildman–Crippen MR) is 90.1 cm³/mol. The van der Waals surface area contributed by atoms with Gasteiger partial charge in [-0.15, -0.1) is 0 Å². The Labute approximate surface area is 141 Å². The molecule has 1 saturated heterocycles. The van der Waals surface area contributed by atoms with Crippen LogP contribution in [0.25, 0.3) is 0 Å². The highest BCUT2D eigenvalue weighted by Gasteiger charge is 2.29. The van der Waals surface area contributed by atoms with Gasteiger partial charge in [0.25, 0.3) is 0 Å². The van der Waals surface area contributed by atoms with Crippen molar-refractivity contribution >= 4 is 5.91 Å². The Morgan fingerprint density at radius 2 is 2.21 bits per heavy atom. The number of piperazine rings is 1. The largest absolute Gasteiger partial charge is 0.333 e. The van der Waals surface area contributed by atoms with Gasteiger partial charge in [0.1, 0.15) is 5.82 Å². The molecule has 2 heterocycles. The van der Waals surface area contributed by atoms with Crippen LogP contribution in [0.5, 0.6) is 0 Å². The van der Waals surface area contributed by atoms with Gasteiger partial charge in [-0.1, -0.05) is 12.1 Å². The average molecular weight is 330 g/mol. The second-order valence-electron chi connectivity index (χ2n) is 6.31. The molecule has 6 heteroatoms. The lowest BCUT2D eigenvalue weighted by molar-refractivity contribution is -0.133. The lowest BCUT2D eigenvalue weighted by Gasteiger charge is -2.36. The third kappa shape index (κ3) is 3.19. The minimum Gasteiger partial charge on any atom is -0.333 e. The van der Waals surface area contributed by atoms with E-state index in [2.05, 4.69) is 10.4 Å². The summed E-state index contributed by atoms with van der Waals surface area (Å²) in [5.41, 5.74) is 3.72. The molecule has 0 aliphatic carbocycles. The Morgan fingerprint density at radius 1 is 1.42 bits per heavy atom. The normalized spacial score (nSPS) is 18.0. The first-order valence-electron chi connectivity index (χ1n) is 8.22. The second-order valence-corrected chi connectivity index (χ2v) is 6.31. The zero-order valence-corrected chi connectivity index (χ0v) is 14.3. The van der Waals surface area contributed by atoms with Crippen LogP contribution in [-0.4, -0.2) is 40.2 Å². The van der Waals surface area contributed by atoms with Crippen molar-refractivity contribution in [2.24, 2.45) is 7.05 Å². The summed E-state index contributed by atoms with van der Waals surface area (Å²) in [5, 5.41) is 7.68. The third-order valence-electron chi connectivity index (χ3n) is 4.78. The standard InChI is InChI=1S/C18H23FN4O/c1-12-16(13(2)22(3)21-12)10-18(24)23-8-7-20-11-17(23)14-5-4-6-15(19)9-14/h4-6,9,17,20H,7-8,10-11H2,1-3H3. The van der Waals surface area contributed by atoms with Crippen molar-refractivity contribution in [3.8, 4) is 0 Å². The number of halogens is 1. The molecule has 1 amide bonds. The molecule has 5 nitrogen and oxygen atoms in total. The number of aryl methyl sites for hydroxylation is 2. The molecule has 0 bridgehead atoms. The number of aromatic nitrogens is 2. The maximum atomic E-state index is 13.6. The predicted octanol–water partition coefficient (Wildman–Crippen LogP) is 1.89. The van der Waals surface area contributed by atoms with E-state index in [0.29, 0.717) is 19.5 Å². The zero-order chi connectivity index (χ0) is 17.3. The number of benzene rings is 1. The summed E-state index contributed by atoms with van der Waals surface area (Å²) in [6.07, 6.45) is 0.331. The molecule has 3 rings (SSSR count). The van der Waals surface area contributed by atoms with Crippen molar-refractivity contribution in [2.45, 2.75) is 26.3 Å². The maximum absolute atomic E-state index is 13.6. The van der Waals surface area contributed by atoms with Crippen molar-refractivity contribution in [1.29, 1.82) is 0 Å². The fraction of sp³-hybridized carbons (Fsp3) is 0.444. The second kappa shape index (κ2) is 6.73. The summed E-state index contributed by atoms with van der Waals surface area (Å²) in [4.78, 5) is 14.8. The minimum absolute atomic E-state index is 0.0601. The monoisotopic (exact) mass is 330 g/mol. The molecular weight excluding hydrogens is 307 g/mol. The van der Waals surface area contributed by atoms with Crippen LogP contribution < -0.4 is 5.32 Å². The molecule has 1 atom stereocenters. The van der Waals surface area contributed by atoms with Crippen LogP contribution in [0.1, 0.15) is 28.6 Å². The highest BCUT2D eigenvalue weighted by Crippen LogP contribution is 2.24. The number of hydrogen-bond acceptors (Lipinski definition) is 3. The van der Waals surface area contributed by atoms with E-state index in [1.54, 1.807) is 10.7 Å². The van der Waals surface area contributed by atoms with Crippen LogP contribution in [0, 0.1) is 19.7 Å². The van der Waals surface area contributed by atoms with Gasteiger partial charge in [0.05, 0.1) is 18.2 Å². The molecule has 24 heavy (non-hydrogen) atoms. The van der Waals surface area contributed by atoms with Gasteiger partial charge in [-0.05, 0) is 31.5 Å². The Hall–Kier alpha value is -2.21. The van der Waals surface area contributed by atoms with Crippen LogP contribution in [0.4, 0.5) is 4.39 Å². The Morgan fingerprint density at radius 3 is 2.88 bits per heavy atom. The lowest BCUT2D eigenvalue weighted by atomic mass is 10.0. The summed E-state index contributed by atoms with van der Waals surface area (Å²) in [7, 11) is 1.89. The topological polar surface area (TPSA) is 50.2 Å². The Kier molecular flexibility index (Phi) is 4.66. The van der Waals surface area contributed by atoms with Gasteiger partial charge in [-0.2, -0.15) is 5.10 Å². The summed E-state index contributed by atoms with van der Waals surface area (Å²) in [6, 6.07) is 6.37. The van der Waals surface area contributed by atoms with Crippen molar-refractivity contribution in [3.63, 3.8) is 0 Å². The highest BCUT2D eigenvalue weighted by molar-refractivity contribution is 5.80. The van der Waals surface area contributed by atoms with E-state index in [9.17, 15) is 9.18 Å². The first-order valence-corrected chi connectivity index (χ1v) is 8.22. The van der Waals surface area contributed by atoms with E-state index in [0.717, 1.165) is 29.1 Å². The maximum Gasteiger partial charge on any atom is 0.227 e. The Balaban J connectivity index is 1.83.